The Kier molecular flexibility index (Phi) is 34.0. The van der Waals surface area contributed by atoms with E-state index in [1.807, 2.05) is 0 Å². The zero-order chi connectivity index (χ0) is 73.4. The molecule has 37 nitrogen and oxygen atoms in total. The molecule has 0 aliphatic carbocycles. The Labute approximate surface area is 590 Å². The molecule has 21 saturated heterocycles. The van der Waals surface area contributed by atoms with Crippen molar-refractivity contribution in [2.45, 2.75) is 222 Å². The fraction of sp³-hybridized carbons (Fsp3) is 0.984. The predicted molar refractivity (Wildman–Crippen MR) is 335 cm³/mol. The molecule has 101 heavy (non-hydrogen) atoms. The molecular formula is C64H112O37. The van der Waals surface area contributed by atoms with Crippen molar-refractivity contribution in [3.8, 4) is 0 Å². The summed E-state index contributed by atoms with van der Waals surface area (Å²) in [6.07, 6.45) is -39.5. The molecule has 21 heterocycles. The van der Waals surface area contributed by atoms with Gasteiger partial charge in [0.1, 0.15) is 165 Å². The normalized spacial score (nSPS) is 45.7. The van der Waals surface area contributed by atoms with Crippen LogP contribution in [0.3, 0.4) is 0 Å². The second-order valence-electron chi connectivity index (χ2n) is 25.0. The van der Waals surface area contributed by atoms with E-state index in [-0.39, 0.29) is 33.0 Å². The fourth-order valence-electron chi connectivity index (χ4n) is 15.1. The Balaban J connectivity index is 1.26. The molecule has 0 aromatic carbocycles. The SMILES string of the molecule is COC[C@H]1O[C@@H]2O[C@H]3[C@H](OC)[C@@H](OC)[C@@H](O[C@H]4[C@H](OC)[C@@H](OC)[C@@H](O[C@H]5[C@H](OC)[C@@H](OC)[C@@H](O[C@H]6[C@H](OC)[C@@H](OC)[C@@H](O[C@H]7[C@H](OC)[C@@H](OC)[C@@H](O[C@H]8[C@H](OC)[C@@H](OC)[C@@H](O[C@H]1[C@H](OC)[C@H]2OC)O[C@@H]8COC)O[C@@H]7COC)O[C@@H]6COC)O[C@@H]5COC)O[C@@H]4CO)O[C@@]3(COC)OC(C)=O. The number of methoxy groups -OCH3 is 20. The Morgan fingerprint density at radius 1 is 0.277 bits per heavy atom. The third kappa shape index (κ3) is 18.2. The van der Waals surface area contributed by atoms with Crippen molar-refractivity contribution in [2.24, 2.45) is 0 Å². The monoisotopic (exact) mass is 1470 g/mol. The molecule has 21 aliphatic rings. The van der Waals surface area contributed by atoms with Gasteiger partial charge in [-0.15, -0.1) is 0 Å². The van der Waals surface area contributed by atoms with E-state index < -0.39 is 234 Å². The van der Waals surface area contributed by atoms with Crippen LogP contribution in [0.15, 0.2) is 0 Å². The van der Waals surface area contributed by atoms with Crippen LogP contribution in [-0.2, 0) is 171 Å². The summed E-state index contributed by atoms with van der Waals surface area (Å²) >= 11 is 0. The topological polar surface area (TPSA) is 360 Å². The van der Waals surface area contributed by atoms with Crippen molar-refractivity contribution in [3.63, 3.8) is 0 Å². The van der Waals surface area contributed by atoms with Crippen LogP contribution in [-0.4, -0.2) is 414 Å². The van der Waals surface area contributed by atoms with Crippen LogP contribution in [0.4, 0.5) is 0 Å². The first-order valence-corrected chi connectivity index (χ1v) is 33.3. The maximum atomic E-state index is 13.6. The summed E-state index contributed by atoms with van der Waals surface area (Å²) in [5, 5.41) is 11.4. The smallest absolute Gasteiger partial charge is 0.305 e. The molecule has 0 radical (unpaired) electrons. The number of carbonyl (C=O) groups is 1. The maximum Gasteiger partial charge on any atom is 0.305 e. The number of aliphatic hydroxyl groups is 1. The average Bonchev–Trinajstić information content (AvgIpc) is 0.728. The average molecular weight is 1470 g/mol. The Morgan fingerprint density at radius 3 is 0.713 bits per heavy atom. The largest absolute Gasteiger partial charge is 0.427 e. The lowest BCUT2D eigenvalue weighted by atomic mass is 9.93. The molecule has 0 amide bonds. The highest BCUT2D eigenvalue weighted by molar-refractivity contribution is 5.66. The summed E-state index contributed by atoms with van der Waals surface area (Å²) in [6.45, 7) is -0.508. The molecule has 21 fully saturated rings. The third-order valence-corrected chi connectivity index (χ3v) is 19.5. The first-order valence-electron chi connectivity index (χ1n) is 33.3. The number of aliphatic hydroxyl groups excluding tert-OH is 1. The molecule has 0 saturated carbocycles. The molecule has 0 spiro atoms. The molecule has 590 valence electrons. The minimum atomic E-state index is -2.27. The fourth-order valence-corrected chi connectivity index (χ4v) is 15.1. The summed E-state index contributed by atoms with van der Waals surface area (Å²) in [5.74, 6) is -3.11. The summed E-state index contributed by atoms with van der Waals surface area (Å²) in [5.41, 5.74) is 0. The number of ether oxygens (including phenoxy) is 35. The van der Waals surface area contributed by atoms with Crippen molar-refractivity contribution in [1.29, 1.82) is 0 Å². The van der Waals surface area contributed by atoms with Gasteiger partial charge in [-0.1, -0.05) is 0 Å². The minimum Gasteiger partial charge on any atom is -0.427 e. The van der Waals surface area contributed by atoms with E-state index in [1.54, 1.807) is 0 Å². The van der Waals surface area contributed by atoms with Crippen LogP contribution in [0, 0.1) is 0 Å². The highest BCUT2D eigenvalue weighted by Gasteiger charge is 2.65. The predicted octanol–water partition coefficient (Wildman–Crippen LogP) is -2.26. The third-order valence-electron chi connectivity index (χ3n) is 19.5. The lowest BCUT2D eigenvalue weighted by Crippen LogP contribution is -2.73. The van der Waals surface area contributed by atoms with Crippen molar-refractivity contribution in [1.82, 2.24) is 0 Å². The van der Waals surface area contributed by atoms with E-state index in [4.69, 9.17) is 166 Å². The van der Waals surface area contributed by atoms with Crippen LogP contribution < -0.4 is 0 Å². The molecular weight excluding hydrogens is 1360 g/mol. The van der Waals surface area contributed by atoms with E-state index in [2.05, 4.69) is 0 Å². The van der Waals surface area contributed by atoms with Crippen LogP contribution in [0.5, 0.6) is 0 Å². The van der Waals surface area contributed by atoms with Gasteiger partial charge in [-0.2, -0.15) is 0 Å². The lowest BCUT2D eigenvalue weighted by Gasteiger charge is -2.54. The Bertz CT molecular complexity index is 2360. The summed E-state index contributed by atoms with van der Waals surface area (Å²) in [7, 11) is 29.0. The van der Waals surface area contributed by atoms with Gasteiger partial charge >= 0.3 is 5.97 Å². The first kappa shape index (κ1) is 84.7. The number of hydrogen-bond acceptors (Lipinski definition) is 37. The number of hydrogen-bond donors (Lipinski definition) is 1. The first-order chi connectivity index (χ1) is 48.9. The summed E-state index contributed by atoms with van der Waals surface area (Å²) in [4.78, 5) is 13.6. The van der Waals surface area contributed by atoms with Gasteiger partial charge in [0.05, 0.1) is 39.6 Å². The lowest BCUT2D eigenvalue weighted by molar-refractivity contribution is -0.444. The van der Waals surface area contributed by atoms with E-state index in [9.17, 15) is 9.90 Å². The minimum absolute atomic E-state index is 0.0651. The standard InChI is InChI=1S/C64H112O37/c1-29(66)100-64(28-72-7)56-48(79-14)55(86-21)63(101-64)98-36-30(22-65)87-57(49(80-15)42(36)73-8)93-37-31(23-67-2)88-58(50(81-16)43(37)74-9)94-38-32(24-68-3)89-59(51(82-17)44(38)75-10)95-39-33(25-69-4)90-60(52(83-18)45(39)76-11)96-40-34(26-70-5)91-61(53(84-19)46(40)77-12)97-41-35(27-71-6)92-62(99-56)54(85-20)47(41)78-13/h30-63,65H,22-28H2,1-21H3/t30-,31-,32-,33-,34-,35-,36-,37-,38-,39-,40-,41-,42+,43+,44+,45+,46+,47+,48-,49-,50-,51-,52-,53-,54-,55-,56+,57-,58-,59-,60-,61-,62-,63+,64-/m1/s1. The molecule has 21 aliphatic heterocycles. The number of esters is 1. The van der Waals surface area contributed by atoms with E-state index in [1.165, 1.54) is 149 Å². The van der Waals surface area contributed by atoms with Gasteiger partial charge < -0.3 is 171 Å². The maximum absolute atomic E-state index is 13.6. The van der Waals surface area contributed by atoms with Gasteiger partial charge in [0, 0.05) is 149 Å². The van der Waals surface area contributed by atoms with Gasteiger partial charge in [0.15, 0.2) is 50.1 Å². The number of rotatable bonds is 28. The Hall–Kier alpha value is -1.93. The second kappa shape index (κ2) is 40.5. The Morgan fingerprint density at radius 2 is 0.495 bits per heavy atom. The highest BCUT2D eigenvalue weighted by atomic mass is 16.9. The van der Waals surface area contributed by atoms with Crippen molar-refractivity contribution in [2.75, 3.05) is 188 Å². The zero-order valence-electron chi connectivity index (χ0n) is 61.7. The van der Waals surface area contributed by atoms with Gasteiger partial charge in [-0.05, 0) is 0 Å². The van der Waals surface area contributed by atoms with Gasteiger partial charge in [-0.25, -0.2) is 0 Å². The molecule has 14 bridgehead atoms. The zero-order valence-corrected chi connectivity index (χ0v) is 61.7. The van der Waals surface area contributed by atoms with Crippen LogP contribution >= 0.6 is 0 Å². The summed E-state index contributed by atoms with van der Waals surface area (Å²) in [6, 6.07) is 0. The van der Waals surface area contributed by atoms with Gasteiger partial charge in [-0.3, -0.25) is 4.79 Å². The second-order valence-corrected chi connectivity index (χ2v) is 25.0. The van der Waals surface area contributed by atoms with Crippen molar-refractivity contribution < 1.29 is 176 Å². The van der Waals surface area contributed by atoms with Crippen molar-refractivity contribution >= 4 is 5.97 Å². The number of carbonyl (C=O) groups excluding carboxylic acids is 1. The molecule has 37 heteroatoms. The van der Waals surface area contributed by atoms with Crippen LogP contribution in [0.2, 0.25) is 0 Å². The van der Waals surface area contributed by atoms with E-state index >= 15 is 0 Å². The van der Waals surface area contributed by atoms with Gasteiger partial charge in [0.25, 0.3) is 5.79 Å². The highest BCUT2D eigenvalue weighted by Crippen LogP contribution is 2.45. The molecule has 35 atom stereocenters. The van der Waals surface area contributed by atoms with Gasteiger partial charge in [0.2, 0.25) is 0 Å². The summed E-state index contributed by atoms with van der Waals surface area (Å²) < 4.78 is 225. The molecule has 0 unspecified atom stereocenters. The van der Waals surface area contributed by atoms with E-state index in [0.29, 0.717) is 0 Å². The molecule has 1 N–H and O–H groups in total. The van der Waals surface area contributed by atoms with Crippen molar-refractivity contribution in [3.05, 3.63) is 0 Å². The molecule has 0 aromatic rings. The quantitative estimate of drug-likeness (QED) is 0.0808. The molecule has 0 aromatic heterocycles. The van der Waals surface area contributed by atoms with Crippen LogP contribution in [0.25, 0.3) is 0 Å². The molecule has 21 rings (SSSR count). The van der Waals surface area contributed by atoms with E-state index in [0.717, 1.165) is 0 Å². The van der Waals surface area contributed by atoms with Crippen LogP contribution in [0.1, 0.15) is 6.92 Å².